The van der Waals surface area contributed by atoms with Crippen molar-refractivity contribution in [3.8, 4) is 0 Å². The highest BCUT2D eigenvalue weighted by Gasteiger charge is 2.29. The van der Waals surface area contributed by atoms with Crippen molar-refractivity contribution < 1.29 is 40.7 Å². The molecule has 0 saturated carbocycles. The topological polar surface area (TPSA) is 80.3 Å². The molecular formula is C21H18ClF6N3O3. The summed E-state index contributed by atoms with van der Waals surface area (Å²) in [6, 6.07) is 0.160. The minimum Gasteiger partial charge on any atom is -0.462 e. The lowest BCUT2D eigenvalue weighted by molar-refractivity contribution is -0.138. The Morgan fingerprint density at radius 1 is 1.06 bits per heavy atom. The number of aromatic nitrogens is 1. The molecule has 2 N–H and O–H groups in total. The maximum Gasteiger partial charge on any atom is 0.343 e. The van der Waals surface area contributed by atoms with Gasteiger partial charge < -0.3 is 15.4 Å². The third-order valence-corrected chi connectivity index (χ3v) is 4.31. The fourth-order valence-corrected chi connectivity index (χ4v) is 2.74. The number of hydrogen-bond donors (Lipinski definition) is 2. The second-order valence-electron chi connectivity index (χ2n) is 7.73. The van der Waals surface area contributed by atoms with Crippen LogP contribution < -0.4 is 10.6 Å². The minimum absolute atomic E-state index is 0.160. The van der Waals surface area contributed by atoms with Gasteiger partial charge in [-0.3, -0.25) is 4.79 Å². The number of nitrogens with one attached hydrogen (secondary N) is 2. The Hall–Kier alpha value is -3.28. The molecule has 0 radical (unpaired) electrons. The van der Waals surface area contributed by atoms with Crippen molar-refractivity contribution in [3.63, 3.8) is 0 Å². The molecule has 0 atom stereocenters. The summed E-state index contributed by atoms with van der Waals surface area (Å²) in [5.41, 5.74) is -3.96. The molecule has 0 aliphatic carbocycles. The predicted octanol–water partition coefficient (Wildman–Crippen LogP) is 5.52. The van der Waals surface area contributed by atoms with Crippen LogP contribution in [0, 0.1) is 35.0 Å². The van der Waals surface area contributed by atoms with Crippen molar-refractivity contribution in [1.29, 1.82) is 0 Å². The van der Waals surface area contributed by atoms with Crippen LogP contribution in [0.4, 0.5) is 37.8 Å². The fraction of sp³-hybridized carbons (Fsp3) is 0.286. The van der Waals surface area contributed by atoms with Crippen LogP contribution in [0.1, 0.15) is 38.1 Å². The number of nitrogens with zero attached hydrogens (tertiary/aromatic N) is 1. The number of ketones is 1. The molecular weight excluding hydrogens is 492 g/mol. The summed E-state index contributed by atoms with van der Waals surface area (Å²) in [4.78, 5) is 28.0. The van der Waals surface area contributed by atoms with Crippen molar-refractivity contribution in [2.45, 2.75) is 33.2 Å². The number of hydrogen-bond acceptors (Lipinski definition) is 6. The molecule has 1 aromatic heterocycles. The van der Waals surface area contributed by atoms with E-state index < -0.39 is 80.0 Å². The van der Waals surface area contributed by atoms with Gasteiger partial charge in [0.15, 0.2) is 29.1 Å². The molecule has 0 saturated heterocycles. The first-order valence-electron chi connectivity index (χ1n) is 9.53. The Morgan fingerprint density at radius 2 is 1.68 bits per heavy atom. The van der Waals surface area contributed by atoms with Crippen molar-refractivity contribution in [2.24, 2.45) is 0 Å². The van der Waals surface area contributed by atoms with E-state index >= 15 is 0 Å². The number of carbonyl (C=O) groups is 2. The number of anilines is 2. The quantitative estimate of drug-likeness (QED) is 0.0589. The van der Waals surface area contributed by atoms with E-state index in [1.807, 2.05) is 5.32 Å². The van der Waals surface area contributed by atoms with Gasteiger partial charge in [-0.2, -0.15) is 13.8 Å². The van der Waals surface area contributed by atoms with Crippen LogP contribution in [0.15, 0.2) is 17.8 Å². The molecule has 1 heterocycles. The summed E-state index contributed by atoms with van der Waals surface area (Å²) in [6.07, 6.45) is 0.471. The molecule has 34 heavy (non-hydrogen) atoms. The molecule has 0 amide bonds. The first kappa shape index (κ1) is 27.0. The second kappa shape index (κ2) is 10.3. The predicted molar refractivity (Wildman–Crippen MR) is 111 cm³/mol. The van der Waals surface area contributed by atoms with Gasteiger partial charge in [-0.15, -0.1) is 0 Å². The maximum atomic E-state index is 14.8. The van der Waals surface area contributed by atoms with Crippen LogP contribution in [0.25, 0.3) is 0 Å². The second-order valence-corrected chi connectivity index (χ2v) is 8.11. The molecule has 2 rings (SSSR count). The lowest BCUT2D eigenvalue weighted by Gasteiger charge is -2.23. The number of benzene rings is 1. The summed E-state index contributed by atoms with van der Waals surface area (Å²) in [5.74, 6) is -13.7. The van der Waals surface area contributed by atoms with E-state index in [-0.39, 0.29) is 12.7 Å². The van der Waals surface area contributed by atoms with E-state index in [0.717, 1.165) is 0 Å². The van der Waals surface area contributed by atoms with Crippen LogP contribution in [0.3, 0.4) is 0 Å². The molecule has 0 unspecified atom stereocenters. The average Bonchev–Trinajstić information content (AvgIpc) is 2.75. The Morgan fingerprint density at radius 3 is 2.24 bits per heavy atom. The van der Waals surface area contributed by atoms with Crippen LogP contribution >= 0.6 is 11.6 Å². The monoisotopic (exact) mass is 509 g/mol. The molecule has 184 valence electrons. The highest BCUT2D eigenvalue weighted by Crippen LogP contribution is 2.29. The van der Waals surface area contributed by atoms with Gasteiger partial charge in [-0.1, -0.05) is 11.6 Å². The number of esters is 1. The number of pyridine rings is 1. The maximum absolute atomic E-state index is 14.8. The first-order valence-corrected chi connectivity index (χ1v) is 9.91. The summed E-state index contributed by atoms with van der Waals surface area (Å²) < 4.78 is 88.9. The number of rotatable bonds is 7. The van der Waals surface area contributed by atoms with E-state index in [0.29, 0.717) is 6.20 Å². The molecule has 0 aliphatic rings. The van der Waals surface area contributed by atoms with Gasteiger partial charge in [0.25, 0.3) is 5.95 Å². The smallest absolute Gasteiger partial charge is 0.343 e. The molecule has 0 aliphatic heterocycles. The van der Waals surface area contributed by atoms with Crippen molar-refractivity contribution in [2.75, 3.05) is 17.2 Å². The SMILES string of the molecule is CCOC(=O)/C(=C/Nc1nc(F)c(F)c(NC(C)(C)C)c1F)C(=O)c1cc(F)c(F)c(Cl)c1F. The van der Waals surface area contributed by atoms with Crippen LogP contribution in [-0.4, -0.2) is 28.9 Å². The van der Waals surface area contributed by atoms with Gasteiger partial charge in [-0.25, -0.2) is 22.4 Å². The van der Waals surface area contributed by atoms with Gasteiger partial charge >= 0.3 is 5.97 Å². The molecule has 0 fully saturated rings. The average molecular weight is 510 g/mol. The molecule has 2 aromatic rings. The first-order chi connectivity index (χ1) is 15.7. The molecule has 13 heteroatoms. The van der Waals surface area contributed by atoms with Gasteiger partial charge in [0.05, 0.1) is 12.2 Å². The lowest BCUT2D eigenvalue weighted by Crippen LogP contribution is -2.28. The zero-order chi connectivity index (χ0) is 26.0. The fourth-order valence-electron chi connectivity index (χ4n) is 2.54. The van der Waals surface area contributed by atoms with E-state index in [9.17, 15) is 35.9 Å². The minimum atomic E-state index is -1.76. The molecule has 6 nitrogen and oxygen atoms in total. The Labute approximate surface area is 195 Å². The van der Waals surface area contributed by atoms with Gasteiger partial charge in [0.1, 0.15) is 16.3 Å². The molecule has 0 bridgehead atoms. The summed E-state index contributed by atoms with van der Waals surface area (Å²) in [7, 11) is 0. The van der Waals surface area contributed by atoms with E-state index in [2.05, 4.69) is 15.0 Å². The van der Waals surface area contributed by atoms with Crippen LogP contribution in [0.2, 0.25) is 5.02 Å². The van der Waals surface area contributed by atoms with E-state index in [4.69, 9.17) is 11.6 Å². The van der Waals surface area contributed by atoms with Gasteiger partial charge in [0, 0.05) is 11.7 Å². The lowest BCUT2D eigenvalue weighted by atomic mass is 10.0. The standard InChI is InChI=1S/C21H18ClF6N3O3/c1-5-34-20(33)9(17(32)8-6-10(23)13(25)11(22)12(8)24)7-29-19-15(27)16(31-21(2,3)4)14(26)18(28)30-19/h6-7H,5H2,1-4H3,(H2,29,30,31)/b9-7+. The molecule has 0 spiro atoms. The highest BCUT2D eigenvalue weighted by atomic mass is 35.5. The van der Waals surface area contributed by atoms with Gasteiger partial charge in [0.2, 0.25) is 11.6 Å². The third-order valence-electron chi connectivity index (χ3n) is 3.98. The third kappa shape index (κ3) is 5.79. The molecule has 1 aromatic carbocycles. The van der Waals surface area contributed by atoms with Crippen LogP contribution in [0.5, 0.6) is 0 Å². The summed E-state index contributed by atoms with van der Waals surface area (Å²) in [6.45, 7) is 5.72. The highest BCUT2D eigenvalue weighted by molar-refractivity contribution is 6.32. The zero-order valence-electron chi connectivity index (χ0n) is 18.2. The Bertz CT molecular complexity index is 1180. The summed E-state index contributed by atoms with van der Waals surface area (Å²) in [5, 5.41) is 3.09. The van der Waals surface area contributed by atoms with Gasteiger partial charge in [-0.05, 0) is 33.8 Å². The van der Waals surface area contributed by atoms with Crippen LogP contribution in [-0.2, 0) is 9.53 Å². The largest absolute Gasteiger partial charge is 0.462 e. The van der Waals surface area contributed by atoms with Crippen molar-refractivity contribution in [1.82, 2.24) is 4.98 Å². The number of ether oxygens (including phenoxy) is 1. The number of halogens is 7. The van der Waals surface area contributed by atoms with E-state index in [1.165, 1.54) is 27.7 Å². The normalized spacial score (nSPS) is 11.9. The zero-order valence-corrected chi connectivity index (χ0v) is 18.9. The Balaban J connectivity index is 2.58. The van der Waals surface area contributed by atoms with E-state index in [1.54, 1.807) is 0 Å². The summed E-state index contributed by atoms with van der Waals surface area (Å²) >= 11 is 5.34. The van der Waals surface area contributed by atoms with Crippen molar-refractivity contribution in [3.05, 3.63) is 63.5 Å². The van der Waals surface area contributed by atoms with Crippen molar-refractivity contribution >= 4 is 34.9 Å². The number of carbonyl (C=O) groups excluding carboxylic acids is 2. The Kier molecular flexibility index (Phi) is 8.19. The number of Topliss-reactive ketones (excluding diaryl/α,β-unsaturated/α-hetero) is 1.